The number of hydrogen-bond donors (Lipinski definition) is 2. The summed E-state index contributed by atoms with van der Waals surface area (Å²) in [5, 5.41) is 12.4. The molecule has 188 valence electrons. The second-order valence-corrected chi connectivity index (χ2v) is 8.82. The average Bonchev–Trinajstić information content (AvgIpc) is 3.13. The maximum atomic E-state index is 13.0. The van der Waals surface area contributed by atoms with Crippen molar-refractivity contribution in [3.63, 3.8) is 0 Å². The van der Waals surface area contributed by atoms with Crippen LogP contribution in [0, 0.1) is 0 Å². The molecule has 1 aliphatic rings. The van der Waals surface area contributed by atoms with E-state index in [2.05, 4.69) is 12.2 Å². The number of ether oxygens (including phenoxy) is 1. The fraction of sp³-hybridized carbons (Fsp3) is 0.600. The van der Waals surface area contributed by atoms with Crippen LogP contribution in [0.4, 0.5) is 4.79 Å². The van der Waals surface area contributed by atoms with Crippen molar-refractivity contribution in [2.45, 2.75) is 83.5 Å². The van der Waals surface area contributed by atoms with Crippen LogP contribution in [-0.4, -0.2) is 70.5 Å². The molecule has 0 saturated carbocycles. The van der Waals surface area contributed by atoms with Gasteiger partial charge in [-0.05, 0) is 18.9 Å². The maximum Gasteiger partial charge on any atom is 0.328 e. The minimum atomic E-state index is -1.25. The first-order valence-electron chi connectivity index (χ1n) is 12.0. The molecule has 0 aromatic heterocycles. The third kappa shape index (κ3) is 7.83. The summed E-state index contributed by atoms with van der Waals surface area (Å²) in [6.07, 6.45) is 6.77. The second kappa shape index (κ2) is 13.7. The van der Waals surface area contributed by atoms with Crippen LogP contribution >= 0.6 is 0 Å². The van der Waals surface area contributed by atoms with Crippen molar-refractivity contribution in [1.29, 1.82) is 0 Å². The van der Waals surface area contributed by atoms with Crippen molar-refractivity contribution in [3.05, 3.63) is 35.9 Å². The molecule has 9 nitrogen and oxygen atoms in total. The van der Waals surface area contributed by atoms with Crippen LogP contribution in [0.15, 0.2) is 30.3 Å². The van der Waals surface area contributed by atoms with Gasteiger partial charge in [0.25, 0.3) is 0 Å². The number of carboxylic acids is 1. The van der Waals surface area contributed by atoms with E-state index in [1.54, 1.807) is 0 Å². The first kappa shape index (κ1) is 27.3. The van der Waals surface area contributed by atoms with Crippen LogP contribution in [0.2, 0.25) is 0 Å². The van der Waals surface area contributed by atoms with Crippen LogP contribution in [0.5, 0.6) is 0 Å². The number of carboxylic acid groups (broad SMARTS) is 1. The highest BCUT2D eigenvalue weighted by atomic mass is 16.5. The topological polar surface area (TPSA) is 116 Å². The van der Waals surface area contributed by atoms with Gasteiger partial charge >= 0.3 is 18.0 Å². The maximum absolute atomic E-state index is 13.0. The molecule has 1 aromatic carbocycles. The number of carbonyl (C=O) groups excluding carboxylic acids is 3. The molecule has 3 atom stereocenters. The van der Waals surface area contributed by atoms with E-state index in [0.717, 1.165) is 42.6 Å². The summed E-state index contributed by atoms with van der Waals surface area (Å²) in [5.74, 6) is -2.40. The predicted octanol–water partition coefficient (Wildman–Crippen LogP) is 3.17. The van der Waals surface area contributed by atoms with E-state index < -0.39 is 42.0 Å². The Morgan fingerprint density at radius 2 is 1.76 bits per heavy atom. The molecule has 1 aromatic rings. The molecule has 1 heterocycles. The van der Waals surface area contributed by atoms with Crippen molar-refractivity contribution < 1.29 is 29.0 Å². The Morgan fingerprint density at radius 1 is 1.12 bits per heavy atom. The van der Waals surface area contributed by atoms with Gasteiger partial charge in [-0.15, -0.1) is 0 Å². The molecule has 0 unspecified atom stereocenters. The molecule has 0 bridgehead atoms. The number of rotatable bonds is 14. The van der Waals surface area contributed by atoms with E-state index in [1.807, 2.05) is 30.3 Å². The third-order valence-corrected chi connectivity index (χ3v) is 5.99. The smallest absolute Gasteiger partial charge is 0.328 e. The van der Waals surface area contributed by atoms with Crippen molar-refractivity contribution in [3.8, 4) is 0 Å². The summed E-state index contributed by atoms with van der Waals surface area (Å²) in [5.41, 5.74) is 0.855. The first-order valence-corrected chi connectivity index (χ1v) is 12.0. The van der Waals surface area contributed by atoms with Gasteiger partial charge in [0.2, 0.25) is 5.91 Å². The van der Waals surface area contributed by atoms with Gasteiger partial charge in [0, 0.05) is 7.05 Å². The number of benzene rings is 1. The number of amides is 3. The van der Waals surface area contributed by atoms with Crippen molar-refractivity contribution in [2.75, 3.05) is 13.6 Å². The second-order valence-electron chi connectivity index (χ2n) is 8.82. The summed E-state index contributed by atoms with van der Waals surface area (Å²) in [6.45, 7) is 3.73. The van der Waals surface area contributed by atoms with E-state index >= 15 is 0 Å². The standard InChI is InChI=1S/C25H37N3O6/c1-4-5-6-7-8-12-15-20(24(32)34-17-19-13-10-9-11-14-19)26-18(2)22(29)28-21(23(30)31)16-27(3)25(28)33/h9-11,13-14,18,20-21,26H,4-8,12,15-17H2,1-3H3,(H,30,31)/t18-,20+,21+/m1/s1. The zero-order chi connectivity index (χ0) is 25.1. The quantitative estimate of drug-likeness (QED) is 0.314. The van der Waals surface area contributed by atoms with E-state index in [4.69, 9.17) is 4.74 Å². The number of nitrogens with one attached hydrogen (secondary N) is 1. The van der Waals surface area contributed by atoms with E-state index in [9.17, 15) is 24.3 Å². The van der Waals surface area contributed by atoms with Gasteiger partial charge in [0.05, 0.1) is 12.6 Å². The molecule has 2 N–H and O–H groups in total. The van der Waals surface area contributed by atoms with Gasteiger partial charge in [0.1, 0.15) is 12.6 Å². The van der Waals surface area contributed by atoms with E-state index in [-0.39, 0.29) is 13.2 Å². The molecule has 9 heteroatoms. The Kier molecular flexibility index (Phi) is 11.0. The zero-order valence-corrected chi connectivity index (χ0v) is 20.4. The van der Waals surface area contributed by atoms with Crippen molar-refractivity contribution in [1.82, 2.24) is 15.1 Å². The van der Waals surface area contributed by atoms with Gasteiger partial charge in [-0.1, -0.05) is 75.8 Å². The number of urea groups is 1. The van der Waals surface area contributed by atoms with Crippen LogP contribution in [0.25, 0.3) is 0 Å². The Labute approximate surface area is 201 Å². The molecular formula is C25H37N3O6. The summed E-state index contributed by atoms with van der Waals surface area (Å²) in [4.78, 5) is 51.8. The van der Waals surface area contributed by atoms with Gasteiger partial charge in [-0.3, -0.25) is 14.9 Å². The Hall–Kier alpha value is -2.94. The lowest BCUT2D eigenvalue weighted by atomic mass is 10.0. The molecular weight excluding hydrogens is 438 g/mol. The highest BCUT2D eigenvalue weighted by molar-refractivity contribution is 6.02. The SMILES string of the molecule is CCCCCCCC[C@H](N[C@H](C)C(=O)N1C(=O)N(C)C[C@H]1C(=O)O)C(=O)OCc1ccccc1. The van der Waals surface area contributed by atoms with Crippen LogP contribution in [0.3, 0.4) is 0 Å². The van der Waals surface area contributed by atoms with Crippen LogP contribution in [-0.2, 0) is 25.7 Å². The molecule has 0 radical (unpaired) electrons. The van der Waals surface area contributed by atoms with Gasteiger partial charge in [-0.2, -0.15) is 0 Å². The molecule has 3 amide bonds. The van der Waals surface area contributed by atoms with E-state index in [0.29, 0.717) is 6.42 Å². The Morgan fingerprint density at radius 3 is 2.41 bits per heavy atom. The summed E-state index contributed by atoms with van der Waals surface area (Å²) in [7, 11) is 1.45. The molecule has 1 aliphatic heterocycles. The molecule has 1 fully saturated rings. The predicted molar refractivity (Wildman–Crippen MR) is 127 cm³/mol. The summed E-state index contributed by atoms with van der Waals surface area (Å²) >= 11 is 0. The zero-order valence-electron chi connectivity index (χ0n) is 20.4. The highest BCUT2D eigenvalue weighted by Crippen LogP contribution is 2.17. The molecule has 0 spiro atoms. The largest absolute Gasteiger partial charge is 0.480 e. The Bertz CT molecular complexity index is 831. The number of unbranched alkanes of at least 4 members (excludes halogenated alkanes) is 5. The van der Waals surface area contributed by atoms with Crippen LogP contribution in [0.1, 0.15) is 64.4 Å². The monoisotopic (exact) mass is 475 g/mol. The summed E-state index contributed by atoms with van der Waals surface area (Å²) < 4.78 is 5.49. The van der Waals surface area contributed by atoms with Gasteiger partial charge < -0.3 is 14.7 Å². The number of nitrogens with zero attached hydrogens (tertiary/aromatic N) is 2. The minimum absolute atomic E-state index is 0.0765. The van der Waals surface area contributed by atoms with Crippen LogP contribution < -0.4 is 5.32 Å². The van der Waals surface area contributed by atoms with Gasteiger partial charge in [0.15, 0.2) is 6.04 Å². The number of aliphatic carboxylic acids is 1. The fourth-order valence-electron chi connectivity index (χ4n) is 3.98. The number of imide groups is 1. The lowest BCUT2D eigenvalue weighted by Gasteiger charge is -2.26. The van der Waals surface area contributed by atoms with Gasteiger partial charge in [-0.25, -0.2) is 14.5 Å². The average molecular weight is 476 g/mol. The Balaban J connectivity index is 2.02. The minimum Gasteiger partial charge on any atom is -0.480 e. The normalized spacial score (nSPS) is 17.5. The fourth-order valence-corrected chi connectivity index (χ4v) is 3.98. The molecule has 0 aliphatic carbocycles. The number of carbonyl (C=O) groups is 4. The van der Waals surface area contributed by atoms with Crippen molar-refractivity contribution >= 4 is 23.9 Å². The lowest BCUT2D eigenvalue weighted by molar-refractivity contribution is -0.149. The third-order valence-electron chi connectivity index (χ3n) is 5.99. The lowest BCUT2D eigenvalue weighted by Crippen LogP contribution is -2.54. The van der Waals surface area contributed by atoms with Crippen molar-refractivity contribution in [2.24, 2.45) is 0 Å². The van der Waals surface area contributed by atoms with E-state index in [1.165, 1.54) is 25.3 Å². The molecule has 34 heavy (non-hydrogen) atoms. The molecule has 1 saturated heterocycles. The first-order chi connectivity index (χ1) is 16.3. The molecule has 2 rings (SSSR count). The highest BCUT2D eigenvalue weighted by Gasteiger charge is 2.45. The number of likely N-dealkylation sites (N-methyl/N-ethyl adjacent to an activating group) is 1. The number of hydrogen-bond acceptors (Lipinski definition) is 6. The number of esters is 1. The summed E-state index contributed by atoms with van der Waals surface area (Å²) in [6, 6.07) is 5.72.